The Labute approximate surface area is 173 Å². The average molecular weight is 391 g/mol. The number of methoxy groups -OCH3 is 1. The van der Waals surface area contributed by atoms with Gasteiger partial charge in [0.15, 0.2) is 0 Å². The van der Waals surface area contributed by atoms with Gasteiger partial charge in [-0.25, -0.2) is 0 Å². The molecule has 0 aromatic heterocycles. The number of piperidine rings is 2. The summed E-state index contributed by atoms with van der Waals surface area (Å²) < 4.78 is 5.55. The highest BCUT2D eigenvalue weighted by Crippen LogP contribution is 2.36. The first-order chi connectivity index (χ1) is 14.2. The number of benzene rings is 2. The molecule has 2 heterocycles. The molecular formula is C25H30N2O2. The Morgan fingerprint density at radius 3 is 2.48 bits per heavy atom. The summed E-state index contributed by atoms with van der Waals surface area (Å²) in [5.74, 6) is 0.974. The fourth-order valence-corrected chi connectivity index (χ4v) is 4.87. The minimum absolute atomic E-state index is 0.00936. The summed E-state index contributed by atoms with van der Waals surface area (Å²) in [5.41, 5.74) is 2.30. The smallest absolute Gasteiger partial charge is 0.244 e. The van der Waals surface area contributed by atoms with Crippen LogP contribution >= 0.6 is 0 Å². The summed E-state index contributed by atoms with van der Waals surface area (Å²) in [7, 11) is 1.74. The molecule has 4 heteroatoms. The lowest BCUT2D eigenvalue weighted by Crippen LogP contribution is -2.56. The second kappa shape index (κ2) is 9.27. The van der Waals surface area contributed by atoms with Crippen molar-refractivity contribution in [3.05, 3.63) is 71.8 Å². The maximum atomic E-state index is 12.4. The average Bonchev–Trinajstić information content (AvgIpc) is 2.74. The zero-order valence-electron chi connectivity index (χ0n) is 17.1. The number of carbonyl (C=O) groups is 1. The van der Waals surface area contributed by atoms with E-state index in [1.54, 1.807) is 13.2 Å². The minimum atomic E-state index is 0.00936. The standard InChI is InChI=1S/C25H30N2O2/c1-29-24-13-6-5-10-20(24)18-27-22-11-7-12-23(27)17-21(16-22)26-25(28)15-14-19-8-3-2-4-9-19/h2-6,8-10,13-15,21-23H,7,11-12,16-18H2,1H3,(H,26,28)/b15-14+/t22-,23-/m0/s1. The third-order valence-electron chi connectivity index (χ3n) is 6.24. The molecule has 2 atom stereocenters. The first-order valence-corrected chi connectivity index (χ1v) is 10.6. The van der Waals surface area contributed by atoms with E-state index in [2.05, 4.69) is 22.3 Å². The van der Waals surface area contributed by atoms with Crippen molar-refractivity contribution in [3.8, 4) is 5.75 Å². The summed E-state index contributed by atoms with van der Waals surface area (Å²) in [6, 6.07) is 19.6. The number of fused-ring (bicyclic) bond motifs is 2. The van der Waals surface area contributed by atoms with Crippen LogP contribution in [0, 0.1) is 0 Å². The number of amides is 1. The number of hydrogen-bond donors (Lipinski definition) is 1. The van der Waals surface area contributed by atoms with Crippen LogP contribution in [0.1, 0.15) is 43.2 Å². The molecule has 0 spiro atoms. The van der Waals surface area contributed by atoms with Crippen LogP contribution in [0.25, 0.3) is 6.08 Å². The number of nitrogens with zero attached hydrogens (tertiary/aromatic N) is 1. The van der Waals surface area contributed by atoms with E-state index in [4.69, 9.17) is 4.74 Å². The van der Waals surface area contributed by atoms with Crippen molar-refractivity contribution in [2.75, 3.05) is 7.11 Å². The van der Waals surface area contributed by atoms with Crippen LogP contribution in [-0.2, 0) is 11.3 Å². The number of rotatable bonds is 6. The number of para-hydroxylation sites is 1. The summed E-state index contributed by atoms with van der Waals surface area (Å²) in [6.07, 6.45) is 9.29. The molecule has 29 heavy (non-hydrogen) atoms. The predicted molar refractivity (Wildman–Crippen MR) is 117 cm³/mol. The van der Waals surface area contributed by atoms with E-state index >= 15 is 0 Å². The molecule has 152 valence electrons. The first-order valence-electron chi connectivity index (χ1n) is 10.6. The van der Waals surface area contributed by atoms with Crippen LogP contribution in [0.15, 0.2) is 60.7 Å². The maximum Gasteiger partial charge on any atom is 0.244 e. The van der Waals surface area contributed by atoms with Crippen molar-refractivity contribution in [2.24, 2.45) is 0 Å². The monoisotopic (exact) mass is 390 g/mol. The zero-order chi connectivity index (χ0) is 20.1. The number of carbonyl (C=O) groups excluding carboxylic acids is 1. The molecule has 2 aromatic rings. The molecule has 0 saturated carbocycles. The highest BCUT2D eigenvalue weighted by atomic mass is 16.5. The van der Waals surface area contributed by atoms with E-state index in [9.17, 15) is 4.79 Å². The molecule has 0 aliphatic carbocycles. The molecule has 1 N–H and O–H groups in total. The van der Waals surface area contributed by atoms with Gasteiger partial charge in [-0.3, -0.25) is 9.69 Å². The Bertz CT molecular complexity index is 835. The molecule has 4 nitrogen and oxygen atoms in total. The quantitative estimate of drug-likeness (QED) is 0.743. The van der Waals surface area contributed by atoms with E-state index in [0.717, 1.165) is 30.7 Å². The van der Waals surface area contributed by atoms with E-state index in [0.29, 0.717) is 12.1 Å². The number of hydrogen-bond acceptors (Lipinski definition) is 3. The third-order valence-corrected chi connectivity index (χ3v) is 6.24. The van der Waals surface area contributed by atoms with Crippen molar-refractivity contribution >= 4 is 12.0 Å². The van der Waals surface area contributed by atoms with Gasteiger partial charge in [-0.05, 0) is 43.4 Å². The fourth-order valence-electron chi connectivity index (χ4n) is 4.87. The Hall–Kier alpha value is -2.59. The van der Waals surface area contributed by atoms with Gasteiger partial charge in [0.25, 0.3) is 0 Å². The number of nitrogens with one attached hydrogen (secondary N) is 1. The van der Waals surface area contributed by atoms with Crippen LogP contribution in [-0.4, -0.2) is 36.0 Å². The summed E-state index contributed by atoms with van der Waals surface area (Å²) in [4.78, 5) is 15.1. The molecule has 1 amide bonds. The van der Waals surface area contributed by atoms with Gasteiger partial charge < -0.3 is 10.1 Å². The van der Waals surface area contributed by atoms with Crippen molar-refractivity contribution in [3.63, 3.8) is 0 Å². The molecule has 2 bridgehead atoms. The lowest BCUT2D eigenvalue weighted by molar-refractivity contribution is -0.118. The summed E-state index contributed by atoms with van der Waals surface area (Å²) >= 11 is 0. The lowest BCUT2D eigenvalue weighted by Gasteiger charge is -2.49. The van der Waals surface area contributed by atoms with Crippen molar-refractivity contribution in [2.45, 2.75) is 56.8 Å². The highest BCUT2D eigenvalue weighted by molar-refractivity contribution is 5.91. The van der Waals surface area contributed by atoms with Gasteiger partial charge in [0.1, 0.15) is 5.75 Å². The van der Waals surface area contributed by atoms with Crippen LogP contribution in [0.5, 0.6) is 5.75 Å². The van der Waals surface area contributed by atoms with Gasteiger partial charge in [0.05, 0.1) is 7.11 Å². The predicted octanol–water partition coefficient (Wildman–Crippen LogP) is 4.41. The van der Waals surface area contributed by atoms with Crippen LogP contribution in [0.3, 0.4) is 0 Å². The second-order valence-electron chi connectivity index (χ2n) is 8.14. The van der Waals surface area contributed by atoms with Gasteiger partial charge in [0.2, 0.25) is 5.91 Å². The van der Waals surface area contributed by atoms with Crippen LogP contribution in [0.4, 0.5) is 0 Å². The topological polar surface area (TPSA) is 41.6 Å². The zero-order valence-corrected chi connectivity index (χ0v) is 17.1. The Morgan fingerprint density at radius 2 is 1.76 bits per heavy atom. The Kier molecular flexibility index (Phi) is 6.30. The Balaban J connectivity index is 1.38. The maximum absolute atomic E-state index is 12.4. The van der Waals surface area contributed by atoms with Gasteiger partial charge >= 0.3 is 0 Å². The molecule has 2 saturated heterocycles. The first kappa shape index (κ1) is 19.7. The van der Waals surface area contributed by atoms with Crippen molar-refractivity contribution in [1.82, 2.24) is 10.2 Å². The van der Waals surface area contributed by atoms with Gasteiger partial charge in [-0.15, -0.1) is 0 Å². The summed E-state index contributed by atoms with van der Waals surface area (Å²) in [5, 5.41) is 3.25. The van der Waals surface area contributed by atoms with E-state index < -0.39 is 0 Å². The van der Waals surface area contributed by atoms with E-state index in [1.807, 2.05) is 48.5 Å². The highest BCUT2D eigenvalue weighted by Gasteiger charge is 2.38. The van der Waals surface area contributed by atoms with Crippen LogP contribution in [0.2, 0.25) is 0 Å². The van der Waals surface area contributed by atoms with Crippen molar-refractivity contribution in [1.29, 1.82) is 0 Å². The molecular weight excluding hydrogens is 360 g/mol. The molecule has 0 radical (unpaired) electrons. The Morgan fingerprint density at radius 1 is 1.07 bits per heavy atom. The van der Waals surface area contributed by atoms with Gasteiger partial charge in [-0.1, -0.05) is 55.0 Å². The third kappa shape index (κ3) is 4.88. The summed E-state index contributed by atoms with van der Waals surface area (Å²) in [6.45, 7) is 0.925. The minimum Gasteiger partial charge on any atom is -0.496 e. The second-order valence-corrected chi connectivity index (χ2v) is 8.14. The molecule has 2 fully saturated rings. The molecule has 0 unspecified atom stereocenters. The van der Waals surface area contributed by atoms with Gasteiger partial charge in [-0.2, -0.15) is 0 Å². The van der Waals surface area contributed by atoms with Gasteiger partial charge in [0, 0.05) is 36.3 Å². The van der Waals surface area contributed by atoms with Crippen molar-refractivity contribution < 1.29 is 9.53 Å². The van der Waals surface area contributed by atoms with E-state index in [-0.39, 0.29) is 11.9 Å². The largest absolute Gasteiger partial charge is 0.496 e. The number of ether oxygens (including phenoxy) is 1. The molecule has 4 rings (SSSR count). The molecule has 2 aromatic carbocycles. The normalized spacial score (nSPS) is 24.4. The molecule has 2 aliphatic rings. The van der Waals surface area contributed by atoms with E-state index in [1.165, 1.54) is 24.8 Å². The molecule has 2 aliphatic heterocycles. The fraction of sp³-hybridized carbons (Fsp3) is 0.400. The SMILES string of the molecule is COc1ccccc1CN1[C@H]2CCC[C@H]1CC(NC(=O)/C=C/c1ccccc1)C2. The lowest BCUT2D eigenvalue weighted by atomic mass is 9.81. The van der Waals surface area contributed by atoms with Crippen LogP contribution < -0.4 is 10.1 Å².